The molecule has 0 atom stereocenters. The fourth-order valence-electron chi connectivity index (χ4n) is 0.866. The highest BCUT2D eigenvalue weighted by Gasteiger charge is 2.16. The standard InChI is InChI=1S/C7H8O5S/c1-4-2-7(13(10,11)12)6(9)3-5(4)8/h2-3,8-9H,1H3,(H,10,11,12). The van der Waals surface area contributed by atoms with E-state index in [0.29, 0.717) is 0 Å². The van der Waals surface area contributed by atoms with Gasteiger partial charge in [-0.3, -0.25) is 4.55 Å². The summed E-state index contributed by atoms with van der Waals surface area (Å²) in [5.74, 6) is -0.907. The Balaban J connectivity index is 3.50. The van der Waals surface area contributed by atoms with E-state index < -0.39 is 20.8 Å². The number of aromatic hydroxyl groups is 2. The van der Waals surface area contributed by atoms with Crippen LogP contribution in [0.4, 0.5) is 0 Å². The summed E-state index contributed by atoms with van der Waals surface area (Å²) in [5, 5.41) is 18.1. The van der Waals surface area contributed by atoms with E-state index >= 15 is 0 Å². The average Bonchev–Trinajstić information content (AvgIpc) is 1.94. The zero-order chi connectivity index (χ0) is 10.2. The van der Waals surface area contributed by atoms with Gasteiger partial charge in [0.1, 0.15) is 16.4 Å². The van der Waals surface area contributed by atoms with Crippen LogP contribution < -0.4 is 0 Å². The van der Waals surface area contributed by atoms with Gasteiger partial charge in [0, 0.05) is 6.07 Å². The molecule has 5 nitrogen and oxygen atoms in total. The summed E-state index contributed by atoms with van der Waals surface area (Å²) in [6.07, 6.45) is 0. The van der Waals surface area contributed by atoms with Gasteiger partial charge >= 0.3 is 0 Å². The second kappa shape index (κ2) is 2.90. The van der Waals surface area contributed by atoms with E-state index in [1.807, 2.05) is 0 Å². The Morgan fingerprint density at radius 2 is 1.69 bits per heavy atom. The molecule has 0 spiro atoms. The summed E-state index contributed by atoms with van der Waals surface area (Å²) < 4.78 is 29.9. The van der Waals surface area contributed by atoms with Gasteiger partial charge in [-0.15, -0.1) is 0 Å². The summed E-state index contributed by atoms with van der Waals surface area (Å²) in [6.45, 7) is 1.45. The monoisotopic (exact) mass is 204 g/mol. The van der Waals surface area contributed by atoms with Crippen LogP contribution in [0.5, 0.6) is 11.5 Å². The summed E-state index contributed by atoms with van der Waals surface area (Å²) in [5.41, 5.74) is 0.255. The fourth-order valence-corrected chi connectivity index (χ4v) is 1.51. The number of phenolic OH excluding ortho intramolecular Hbond substituents is 2. The molecule has 1 rings (SSSR count). The highest BCUT2D eigenvalue weighted by Crippen LogP contribution is 2.29. The molecule has 0 saturated carbocycles. The molecule has 6 heteroatoms. The summed E-state index contributed by atoms with van der Waals surface area (Å²) in [6, 6.07) is 1.85. The number of aryl methyl sites for hydroxylation is 1. The first-order valence-electron chi connectivity index (χ1n) is 3.32. The molecular formula is C7H8O5S. The third kappa shape index (κ3) is 1.90. The first kappa shape index (κ1) is 9.82. The van der Waals surface area contributed by atoms with Crippen LogP contribution in [-0.4, -0.2) is 23.2 Å². The van der Waals surface area contributed by atoms with E-state index in [0.717, 1.165) is 12.1 Å². The predicted octanol–water partition coefficient (Wildman–Crippen LogP) is 0.653. The van der Waals surface area contributed by atoms with E-state index in [4.69, 9.17) is 14.8 Å². The Kier molecular flexibility index (Phi) is 2.19. The van der Waals surface area contributed by atoms with Gasteiger partial charge in [0.2, 0.25) is 0 Å². The zero-order valence-corrected chi connectivity index (χ0v) is 7.54. The van der Waals surface area contributed by atoms with Crippen molar-refractivity contribution in [1.29, 1.82) is 0 Å². The predicted molar refractivity (Wildman–Crippen MR) is 44.3 cm³/mol. The molecule has 0 heterocycles. The lowest BCUT2D eigenvalue weighted by molar-refractivity contribution is 0.429. The Morgan fingerprint density at radius 1 is 1.15 bits per heavy atom. The van der Waals surface area contributed by atoms with Crippen molar-refractivity contribution in [1.82, 2.24) is 0 Å². The van der Waals surface area contributed by atoms with Gasteiger partial charge < -0.3 is 10.2 Å². The van der Waals surface area contributed by atoms with E-state index in [1.54, 1.807) is 0 Å². The van der Waals surface area contributed by atoms with Crippen molar-refractivity contribution in [2.24, 2.45) is 0 Å². The maximum atomic E-state index is 10.6. The van der Waals surface area contributed by atoms with Crippen LogP contribution in [0.3, 0.4) is 0 Å². The molecule has 0 fully saturated rings. The average molecular weight is 204 g/mol. The van der Waals surface area contributed by atoms with Crippen LogP contribution in [0.2, 0.25) is 0 Å². The minimum atomic E-state index is -4.43. The quantitative estimate of drug-likeness (QED) is 0.584. The lowest BCUT2D eigenvalue weighted by Crippen LogP contribution is -1.98. The number of phenols is 2. The summed E-state index contributed by atoms with van der Waals surface area (Å²) >= 11 is 0. The van der Waals surface area contributed by atoms with Crippen molar-refractivity contribution < 1.29 is 23.2 Å². The van der Waals surface area contributed by atoms with Crippen molar-refractivity contribution in [2.45, 2.75) is 11.8 Å². The molecule has 0 unspecified atom stereocenters. The van der Waals surface area contributed by atoms with Crippen LogP contribution in [0, 0.1) is 6.92 Å². The third-order valence-electron chi connectivity index (χ3n) is 1.56. The highest BCUT2D eigenvalue weighted by atomic mass is 32.2. The smallest absolute Gasteiger partial charge is 0.298 e. The van der Waals surface area contributed by atoms with E-state index in [1.165, 1.54) is 6.92 Å². The molecule has 0 radical (unpaired) electrons. The van der Waals surface area contributed by atoms with Crippen molar-refractivity contribution >= 4 is 10.1 Å². The first-order valence-corrected chi connectivity index (χ1v) is 4.76. The molecule has 13 heavy (non-hydrogen) atoms. The van der Waals surface area contributed by atoms with E-state index in [9.17, 15) is 8.42 Å². The van der Waals surface area contributed by atoms with Crippen LogP contribution in [-0.2, 0) is 10.1 Å². The van der Waals surface area contributed by atoms with Crippen LogP contribution in [0.1, 0.15) is 5.56 Å². The molecule has 0 saturated heterocycles. The molecule has 1 aromatic rings. The largest absolute Gasteiger partial charge is 0.508 e. The summed E-state index contributed by atoms with van der Waals surface area (Å²) in [7, 11) is -4.43. The Morgan fingerprint density at radius 3 is 2.15 bits per heavy atom. The first-order chi connectivity index (χ1) is 5.82. The highest BCUT2D eigenvalue weighted by molar-refractivity contribution is 7.86. The van der Waals surface area contributed by atoms with Gasteiger partial charge in [-0.05, 0) is 18.6 Å². The molecule has 3 N–H and O–H groups in total. The van der Waals surface area contributed by atoms with Crippen molar-refractivity contribution in [3.63, 3.8) is 0 Å². The second-order valence-corrected chi connectivity index (χ2v) is 3.97. The molecule has 0 aliphatic heterocycles. The topological polar surface area (TPSA) is 94.8 Å². The third-order valence-corrected chi connectivity index (χ3v) is 2.44. The molecule has 0 aliphatic rings. The van der Waals surface area contributed by atoms with Gasteiger partial charge in [0.05, 0.1) is 0 Å². The number of rotatable bonds is 1. The molecule has 1 aromatic carbocycles. The maximum absolute atomic E-state index is 10.6. The van der Waals surface area contributed by atoms with Crippen molar-refractivity contribution in [2.75, 3.05) is 0 Å². The molecular weight excluding hydrogens is 196 g/mol. The Labute approximate surface area is 75.0 Å². The Hall–Kier alpha value is -1.27. The normalized spacial score (nSPS) is 11.5. The molecule has 0 amide bonds. The number of hydrogen-bond donors (Lipinski definition) is 3. The van der Waals surface area contributed by atoms with Crippen molar-refractivity contribution in [3.8, 4) is 11.5 Å². The van der Waals surface area contributed by atoms with Gasteiger partial charge in [-0.1, -0.05) is 0 Å². The van der Waals surface area contributed by atoms with Gasteiger partial charge in [0.25, 0.3) is 10.1 Å². The van der Waals surface area contributed by atoms with Crippen LogP contribution in [0.15, 0.2) is 17.0 Å². The minimum absolute atomic E-state index is 0.232. The van der Waals surface area contributed by atoms with Gasteiger partial charge in [-0.25, -0.2) is 0 Å². The van der Waals surface area contributed by atoms with Crippen LogP contribution >= 0.6 is 0 Å². The molecule has 0 bridgehead atoms. The van der Waals surface area contributed by atoms with Crippen molar-refractivity contribution in [3.05, 3.63) is 17.7 Å². The number of benzene rings is 1. The van der Waals surface area contributed by atoms with Crippen LogP contribution in [0.25, 0.3) is 0 Å². The SMILES string of the molecule is Cc1cc(S(=O)(=O)O)c(O)cc1O. The lowest BCUT2D eigenvalue weighted by atomic mass is 10.2. The summed E-state index contributed by atoms with van der Waals surface area (Å²) in [4.78, 5) is -0.609. The molecule has 72 valence electrons. The second-order valence-electron chi connectivity index (χ2n) is 2.58. The number of hydrogen-bond acceptors (Lipinski definition) is 4. The minimum Gasteiger partial charge on any atom is -0.508 e. The van der Waals surface area contributed by atoms with Gasteiger partial charge in [0.15, 0.2) is 0 Å². The van der Waals surface area contributed by atoms with E-state index in [2.05, 4.69) is 0 Å². The molecule has 0 aliphatic carbocycles. The lowest BCUT2D eigenvalue weighted by Gasteiger charge is -2.03. The molecule has 0 aromatic heterocycles. The maximum Gasteiger partial charge on any atom is 0.298 e. The van der Waals surface area contributed by atoms with E-state index in [-0.39, 0.29) is 11.3 Å². The fraction of sp³-hybridized carbons (Fsp3) is 0.143. The van der Waals surface area contributed by atoms with Gasteiger partial charge in [-0.2, -0.15) is 8.42 Å². The Bertz CT molecular complexity index is 434. The zero-order valence-electron chi connectivity index (χ0n) is 6.72.